The first-order valence-corrected chi connectivity index (χ1v) is 8.06. The lowest BCUT2D eigenvalue weighted by molar-refractivity contribution is -0.192. The van der Waals surface area contributed by atoms with E-state index in [4.69, 9.17) is 15.2 Å². The normalized spacial score (nSPS) is 16.9. The van der Waals surface area contributed by atoms with Gasteiger partial charge in [-0.05, 0) is 37.6 Å². The number of carboxylic acids is 1. The number of alkyl halides is 3. The molecule has 7 nitrogen and oxygen atoms in total. The lowest BCUT2D eigenvalue weighted by Gasteiger charge is -2.24. The van der Waals surface area contributed by atoms with Crippen molar-refractivity contribution in [3.63, 3.8) is 0 Å². The Morgan fingerprint density at radius 3 is 2.63 bits per heavy atom. The maximum atomic E-state index is 12.5. The molecule has 2 N–H and O–H groups in total. The number of nitrogens with one attached hydrogen (secondary N) is 1. The predicted octanol–water partition coefficient (Wildman–Crippen LogP) is 1.91. The minimum absolute atomic E-state index is 0.0762. The number of hydrogen-bond donors (Lipinski definition) is 2. The molecule has 27 heavy (non-hydrogen) atoms. The van der Waals surface area contributed by atoms with Crippen LogP contribution in [-0.4, -0.2) is 39.9 Å². The number of carboxylic acid groups (broad SMARTS) is 1. The molecule has 2 aromatic rings. The Kier molecular flexibility index (Phi) is 6.17. The number of hydrogen-bond acceptors (Lipinski definition) is 5. The number of aliphatic carboxylic acids is 1. The smallest absolute Gasteiger partial charge is 0.475 e. The molecular formula is C17H17F3N4O3. The third kappa shape index (κ3) is 4.83. The fourth-order valence-electron chi connectivity index (χ4n) is 2.79. The van der Waals surface area contributed by atoms with E-state index in [0.717, 1.165) is 31.8 Å². The molecule has 1 saturated heterocycles. The van der Waals surface area contributed by atoms with Gasteiger partial charge in [0, 0.05) is 19.5 Å². The van der Waals surface area contributed by atoms with Crippen LogP contribution >= 0.6 is 0 Å². The highest BCUT2D eigenvalue weighted by Gasteiger charge is 2.38. The fourth-order valence-corrected chi connectivity index (χ4v) is 2.79. The van der Waals surface area contributed by atoms with E-state index in [0.29, 0.717) is 16.5 Å². The summed E-state index contributed by atoms with van der Waals surface area (Å²) in [5, 5.41) is 19.9. The molecule has 1 aliphatic rings. The van der Waals surface area contributed by atoms with Gasteiger partial charge in [-0.2, -0.15) is 18.4 Å². The summed E-state index contributed by atoms with van der Waals surface area (Å²) in [6.45, 7) is 1.89. The van der Waals surface area contributed by atoms with Gasteiger partial charge in [0.25, 0.3) is 5.56 Å². The summed E-state index contributed by atoms with van der Waals surface area (Å²) in [5.41, 5.74) is 1.09. The van der Waals surface area contributed by atoms with E-state index in [9.17, 15) is 18.0 Å². The van der Waals surface area contributed by atoms with Gasteiger partial charge in [0.15, 0.2) is 0 Å². The Morgan fingerprint density at radius 1 is 1.44 bits per heavy atom. The zero-order valence-corrected chi connectivity index (χ0v) is 14.4. The van der Waals surface area contributed by atoms with Gasteiger partial charge in [-0.1, -0.05) is 0 Å². The molecule has 1 aromatic heterocycles. The van der Waals surface area contributed by atoms with Gasteiger partial charge in [0.1, 0.15) is 5.82 Å². The molecule has 0 amide bonds. The maximum absolute atomic E-state index is 12.5. The summed E-state index contributed by atoms with van der Waals surface area (Å²) in [6.07, 6.45) is -2.93. The molecule has 0 radical (unpaired) electrons. The number of piperidine rings is 1. The molecule has 1 atom stereocenters. The molecule has 0 saturated carbocycles. The van der Waals surface area contributed by atoms with Gasteiger partial charge in [0.05, 0.1) is 22.5 Å². The van der Waals surface area contributed by atoms with Crippen LogP contribution in [0.5, 0.6) is 0 Å². The molecule has 144 valence electrons. The van der Waals surface area contributed by atoms with Crippen LogP contribution in [0.15, 0.2) is 23.0 Å². The minimum Gasteiger partial charge on any atom is -0.475 e. The molecule has 1 aromatic carbocycles. The zero-order valence-electron chi connectivity index (χ0n) is 14.4. The Labute approximate surface area is 152 Å². The number of carbonyl (C=O) groups is 1. The summed E-state index contributed by atoms with van der Waals surface area (Å²) < 4.78 is 33.4. The maximum Gasteiger partial charge on any atom is 0.490 e. The largest absolute Gasteiger partial charge is 0.490 e. The number of nitriles is 1. The van der Waals surface area contributed by atoms with Crippen molar-refractivity contribution < 1.29 is 23.1 Å². The third-order valence-corrected chi connectivity index (χ3v) is 4.14. The molecule has 1 fully saturated rings. The van der Waals surface area contributed by atoms with Crippen molar-refractivity contribution in [2.75, 3.05) is 13.1 Å². The molecule has 0 aliphatic carbocycles. The fraction of sp³-hybridized carbons (Fsp3) is 0.412. The summed E-state index contributed by atoms with van der Waals surface area (Å²) in [5.74, 6) is -1.64. The monoisotopic (exact) mass is 382 g/mol. The van der Waals surface area contributed by atoms with E-state index >= 15 is 0 Å². The van der Waals surface area contributed by atoms with Crippen molar-refractivity contribution in [2.45, 2.75) is 24.9 Å². The van der Waals surface area contributed by atoms with Gasteiger partial charge in [0.2, 0.25) is 0 Å². The molecule has 2 heterocycles. The SMILES string of the molecule is Cn1c([C@@H]2CCCNC2)nc2ccc(C#N)cc2c1=O.O=C(O)C(F)(F)F. The molecule has 3 rings (SSSR count). The molecule has 0 bridgehead atoms. The highest BCUT2D eigenvalue weighted by molar-refractivity contribution is 5.79. The predicted molar refractivity (Wildman–Crippen MR) is 90.2 cm³/mol. The average Bonchev–Trinajstić information content (AvgIpc) is 2.64. The van der Waals surface area contributed by atoms with Crippen molar-refractivity contribution in [2.24, 2.45) is 7.05 Å². The first kappa shape index (κ1) is 20.4. The van der Waals surface area contributed by atoms with E-state index < -0.39 is 12.1 Å². The van der Waals surface area contributed by atoms with Crippen LogP contribution in [0.25, 0.3) is 10.9 Å². The van der Waals surface area contributed by atoms with Crippen molar-refractivity contribution in [1.29, 1.82) is 5.26 Å². The lowest BCUT2D eigenvalue weighted by atomic mass is 9.98. The Hall–Kier alpha value is -2.93. The average molecular weight is 382 g/mol. The molecular weight excluding hydrogens is 365 g/mol. The summed E-state index contributed by atoms with van der Waals surface area (Å²) in [4.78, 5) is 26.0. The number of halogens is 3. The first-order valence-electron chi connectivity index (χ1n) is 8.06. The highest BCUT2D eigenvalue weighted by Crippen LogP contribution is 2.22. The molecule has 0 unspecified atom stereocenters. The Morgan fingerprint density at radius 2 is 2.11 bits per heavy atom. The summed E-state index contributed by atoms with van der Waals surface area (Å²) in [6, 6.07) is 7.14. The first-order chi connectivity index (χ1) is 12.6. The molecule has 0 spiro atoms. The second kappa shape index (κ2) is 8.18. The van der Waals surface area contributed by atoms with Gasteiger partial charge >= 0.3 is 12.1 Å². The van der Waals surface area contributed by atoms with E-state index in [1.54, 1.807) is 29.8 Å². The molecule has 10 heteroatoms. The van der Waals surface area contributed by atoms with Gasteiger partial charge in [-0.3, -0.25) is 9.36 Å². The topological polar surface area (TPSA) is 108 Å². The summed E-state index contributed by atoms with van der Waals surface area (Å²) >= 11 is 0. The standard InChI is InChI=1S/C15H16N4O.C2HF3O2/c1-19-14(11-3-2-6-17-9-11)18-13-5-4-10(8-16)7-12(13)15(19)20;3-2(4,5)1(6)7/h4-5,7,11,17H,2-3,6,9H2,1H3;(H,6,7)/t11-;/m1./s1. The summed E-state index contributed by atoms with van der Waals surface area (Å²) in [7, 11) is 1.76. The van der Waals surface area contributed by atoms with E-state index in [2.05, 4.69) is 16.4 Å². The van der Waals surface area contributed by atoms with Crippen LogP contribution in [-0.2, 0) is 11.8 Å². The van der Waals surface area contributed by atoms with Crippen LogP contribution in [0.1, 0.15) is 30.1 Å². The van der Waals surface area contributed by atoms with E-state index in [-0.39, 0.29) is 11.5 Å². The lowest BCUT2D eigenvalue weighted by Crippen LogP contribution is -2.33. The third-order valence-electron chi connectivity index (χ3n) is 4.14. The van der Waals surface area contributed by atoms with Crippen LogP contribution in [0, 0.1) is 11.3 Å². The van der Waals surface area contributed by atoms with E-state index in [1.807, 2.05) is 0 Å². The number of aromatic nitrogens is 2. The Balaban J connectivity index is 0.000000321. The van der Waals surface area contributed by atoms with E-state index in [1.165, 1.54) is 0 Å². The van der Waals surface area contributed by atoms with Crippen molar-refractivity contribution >= 4 is 16.9 Å². The van der Waals surface area contributed by atoms with Gasteiger partial charge < -0.3 is 10.4 Å². The van der Waals surface area contributed by atoms with Crippen molar-refractivity contribution in [1.82, 2.24) is 14.9 Å². The van der Waals surface area contributed by atoms with Gasteiger partial charge in [-0.15, -0.1) is 0 Å². The van der Waals surface area contributed by atoms with Crippen LogP contribution in [0.3, 0.4) is 0 Å². The molecule has 1 aliphatic heterocycles. The van der Waals surface area contributed by atoms with Crippen LogP contribution < -0.4 is 10.9 Å². The van der Waals surface area contributed by atoms with Gasteiger partial charge in [-0.25, -0.2) is 9.78 Å². The number of nitrogens with zero attached hydrogens (tertiary/aromatic N) is 3. The second-order valence-electron chi connectivity index (χ2n) is 6.02. The Bertz CT molecular complexity index is 941. The van der Waals surface area contributed by atoms with Crippen molar-refractivity contribution in [3.8, 4) is 6.07 Å². The number of benzene rings is 1. The van der Waals surface area contributed by atoms with Crippen molar-refractivity contribution in [3.05, 3.63) is 39.9 Å². The zero-order chi connectivity index (χ0) is 20.2. The number of rotatable bonds is 1. The highest BCUT2D eigenvalue weighted by atomic mass is 19.4. The number of fused-ring (bicyclic) bond motifs is 1. The minimum atomic E-state index is -5.08. The van der Waals surface area contributed by atoms with Crippen LogP contribution in [0.4, 0.5) is 13.2 Å². The van der Waals surface area contributed by atoms with Crippen LogP contribution in [0.2, 0.25) is 0 Å². The quantitative estimate of drug-likeness (QED) is 0.780. The second-order valence-corrected chi connectivity index (χ2v) is 6.02.